The van der Waals surface area contributed by atoms with Crippen LogP contribution in [0.3, 0.4) is 0 Å². The Balaban J connectivity index is 1.35. The minimum atomic E-state index is -0.673. The molecule has 0 unspecified atom stereocenters. The van der Waals surface area contributed by atoms with Gasteiger partial charge in [-0.3, -0.25) is 23.7 Å². The highest BCUT2D eigenvalue weighted by atomic mass is 16.2. The molecule has 0 fully saturated rings. The van der Waals surface area contributed by atoms with Crippen LogP contribution >= 0.6 is 0 Å². The fourth-order valence-corrected chi connectivity index (χ4v) is 5.15. The molecule has 0 spiro atoms. The lowest BCUT2D eigenvalue weighted by atomic mass is 9.92. The van der Waals surface area contributed by atoms with Crippen LogP contribution in [0.1, 0.15) is 50.4 Å². The Hall–Kier alpha value is -3.75. The van der Waals surface area contributed by atoms with E-state index in [-0.39, 0.29) is 36.1 Å². The first-order chi connectivity index (χ1) is 17.4. The Labute approximate surface area is 210 Å². The number of amides is 3. The Bertz CT molecular complexity index is 1280. The zero-order chi connectivity index (χ0) is 25.4. The van der Waals surface area contributed by atoms with Crippen LogP contribution in [0.25, 0.3) is 5.78 Å². The van der Waals surface area contributed by atoms with Gasteiger partial charge in [-0.05, 0) is 36.0 Å². The molecule has 5 rings (SSSR count). The second kappa shape index (κ2) is 9.72. The summed E-state index contributed by atoms with van der Waals surface area (Å²) in [5.41, 5.74) is 3.53. The van der Waals surface area contributed by atoms with Gasteiger partial charge < -0.3 is 10.6 Å². The molecule has 1 aromatic carbocycles. The van der Waals surface area contributed by atoms with Crippen molar-refractivity contribution in [3.05, 3.63) is 59.7 Å². The van der Waals surface area contributed by atoms with Crippen LogP contribution in [0, 0.1) is 11.8 Å². The Kier molecular flexibility index (Phi) is 6.47. The molecule has 2 aromatic heterocycles. The summed E-state index contributed by atoms with van der Waals surface area (Å²) in [6.45, 7) is 6.23. The molecule has 9 heteroatoms. The van der Waals surface area contributed by atoms with Crippen molar-refractivity contribution < 1.29 is 14.4 Å². The summed E-state index contributed by atoms with van der Waals surface area (Å²) in [5, 5.41) is 5.95. The minimum absolute atomic E-state index is 0.116. The number of hydrogen-bond acceptors (Lipinski definition) is 5. The van der Waals surface area contributed by atoms with Gasteiger partial charge in [0.25, 0.3) is 0 Å². The third-order valence-corrected chi connectivity index (χ3v) is 7.67. The third-order valence-electron chi connectivity index (χ3n) is 7.67. The number of fused-ring (bicyclic) bond motifs is 1. The quantitative estimate of drug-likeness (QED) is 0.531. The molecule has 2 aliphatic rings. The summed E-state index contributed by atoms with van der Waals surface area (Å²) < 4.78 is 1.80. The number of benzene rings is 1. The SMILES string of the molecule is CC[C@H](C)[C@H](C)C(=O)N[C@H]1CCc2cccc3c2N(C1=O)[C@H](C(=O)NCc1cn2cccnc2n1)C3. The number of aromatic nitrogens is 3. The summed E-state index contributed by atoms with van der Waals surface area (Å²) in [4.78, 5) is 50.4. The van der Waals surface area contributed by atoms with Gasteiger partial charge in [0, 0.05) is 30.9 Å². The standard InChI is InChI=1S/C27H32N6O3/c1-4-16(2)17(3)24(34)31-21-10-9-18-7-5-8-19-13-22(33(23(18)19)26(21)36)25(35)29-14-20-15-32-12-6-11-28-27(32)30-20/h5-8,11-12,15-17,21-22H,4,9-10,13-14H2,1-3H3,(H,29,35)(H,31,34)/t16-,17-,21-,22-/m0/s1. The fraction of sp³-hybridized carbons (Fsp3) is 0.444. The second-order valence-corrected chi connectivity index (χ2v) is 9.90. The van der Waals surface area contributed by atoms with Crippen LogP contribution in [-0.2, 0) is 33.8 Å². The zero-order valence-corrected chi connectivity index (χ0v) is 20.9. The molecule has 3 aromatic rings. The lowest BCUT2D eigenvalue weighted by Gasteiger charge is -2.29. The second-order valence-electron chi connectivity index (χ2n) is 9.90. The highest BCUT2D eigenvalue weighted by Crippen LogP contribution is 2.39. The van der Waals surface area contributed by atoms with Crippen molar-refractivity contribution in [3.63, 3.8) is 0 Å². The van der Waals surface area contributed by atoms with E-state index in [0.29, 0.717) is 30.7 Å². The third kappa shape index (κ3) is 4.34. The number of nitrogens with zero attached hydrogens (tertiary/aromatic N) is 4. The molecular weight excluding hydrogens is 456 g/mol. The lowest BCUT2D eigenvalue weighted by molar-refractivity contribution is -0.131. The Morgan fingerprint density at radius 2 is 2.00 bits per heavy atom. The van der Waals surface area contributed by atoms with Gasteiger partial charge in [-0.15, -0.1) is 0 Å². The van der Waals surface area contributed by atoms with Gasteiger partial charge in [-0.1, -0.05) is 45.4 Å². The highest BCUT2D eigenvalue weighted by molar-refractivity contribution is 6.07. The molecular formula is C27H32N6O3. The topological polar surface area (TPSA) is 109 Å². The molecule has 188 valence electrons. The van der Waals surface area contributed by atoms with E-state index in [0.717, 1.165) is 23.2 Å². The van der Waals surface area contributed by atoms with E-state index in [1.807, 2.05) is 50.5 Å². The molecule has 0 aliphatic carbocycles. The van der Waals surface area contributed by atoms with E-state index in [4.69, 9.17) is 0 Å². The van der Waals surface area contributed by atoms with Gasteiger partial charge in [-0.25, -0.2) is 9.97 Å². The molecule has 0 saturated heterocycles. The van der Waals surface area contributed by atoms with Gasteiger partial charge in [-0.2, -0.15) is 0 Å². The van der Waals surface area contributed by atoms with Crippen molar-refractivity contribution in [2.45, 2.75) is 65.1 Å². The van der Waals surface area contributed by atoms with E-state index in [1.54, 1.807) is 15.5 Å². The maximum Gasteiger partial charge on any atom is 0.250 e. The normalized spacial score (nSPS) is 20.5. The maximum atomic E-state index is 13.8. The van der Waals surface area contributed by atoms with E-state index in [9.17, 15) is 14.4 Å². The van der Waals surface area contributed by atoms with Crippen molar-refractivity contribution in [3.8, 4) is 0 Å². The molecule has 0 bridgehead atoms. The van der Waals surface area contributed by atoms with Gasteiger partial charge >= 0.3 is 0 Å². The van der Waals surface area contributed by atoms with Gasteiger partial charge in [0.2, 0.25) is 23.5 Å². The lowest BCUT2D eigenvalue weighted by Crippen LogP contribution is -2.55. The number of hydrogen-bond donors (Lipinski definition) is 2. The van der Waals surface area contributed by atoms with E-state index < -0.39 is 12.1 Å². The number of carbonyl (C=O) groups is 3. The predicted octanol–water partition coefficient (Wildman–Crippen LogP) is 2.42. The molecule has 4 atom stereocenters. The van der Waals surface area contributed by atoms with Gasteiger partial charge in [0.15, 0.2) is 0 Å². The van der Waals surface area contributed by atoms with Gasteiger partial charge in [0.05, 0.1) is 17.9 Å². The maximum absolute atomic E-state index is 13.8. The average Bonchev–Trinajstić information content (AvgIpc) is 3.46. The van der Waals surface area contributed by atoms with Crippen LogP contribution in [0.15, 0.2) is 42.9 Å². The Morgan fingerprint density at radius 3 is 2.78 bits per heavy atom. The zero-order valence-electron chi connectivity index (χ0n) is 20.9. The van der Waals surface area contributed by atoms with E-state index >= 15 is 0 Å². The summed E-state index contributed by atoms with van der Waals surface area (Å²) in [7, 11) is 0. The number of rotatable bonds is 7. The van der Waals surface area contributed by atoms with Crippen LogP contribution in [-0.4, -0.2) is 44.2 Å². The highest BCUT2D eigenvalue weighted by Gasteiger charge is 2.44. The number of imidazole rings is 1. The van der Waals surface area contributed by atoms with E-state index in [2.05, 4.69) is 27.5 Å². The van der Waals surface area contributed by atoms with Crippen LogP contribution in [0.5, 0.6) is 0 Å². The Morgan fingerprint density at radius 1 is 1.19 bits per heavy atom. The van der Waals surface area contributed by atoms with Crippen LogP contribution in [0.4, 0.5) is 5.69 Å². The molecule has 4 heterocycles. The van der Waals surface area contributed by atoms with Crippen molar-refractivity contribution in [2.24, 2.45) is 11.8 Å². The van der Waals surface area contributed by atoms with Crippen molar-refractivity contribution in [2.75, 3.05) is 4.90 Å². The largest absolute Gasteiger partial charge is 0.349 e. The first-order valence-corrected chi connectivity index (χ1v) is 12.7. The van der Waals surface area contributed by atoms with Crippen molar-refractivity contribution in [1.82, 2.24) is 25.0 Å². The first-order valence-electron chi connectivity index (χ1n) is 12.7. The van der Waals surface area contributed by atoms with Gasteiger partial charge in [0.1, 0.15) is 12.1 Å². The molecule has 2 aliphatic heterocycles. The number of aryl methyl sites for hydroxylation is 1. The van der Waals surface area contributed by atoms with Crippen LogP contribution in [0.2, 0.25) is 0 Å². The number of carbonyl (C=O) groups excluding carboxylic acids is 3. The molecule has 0 saturated carbocycles. The number of nitrogens with one attached hydrogen (secondary N) is 2. The number of anilines is 1. The summed E-state index contributed by atoms with van der Waals surface area (Å²) >= 11 is 0. The molecule has 2 N–H and O–H groups in total. The fourth-order valence-electron chi connectivity index (χ4n) is 5.15. The predicted molar refractivity (Wildman–Crippen MR) is 135 cm³/mol. The molecule has 36 heavy (non-hydrogen) atoms. The average molecular weight is 489 g/mol. The molecule has 9 nitrogen and oxygen atoms in total. The van der Waals surface area contributed by atoms with E-state index in [1.165, 1.54) is 0 Å². The summed E-state index contributed by atoms with van der Waals surface area (Å²) in [6, 6.07) is 6.44. The van der Waals surface area contributed by atoms with Crippen molar-refractivity contribution in [1.29, 1.82) is 0 Å². The van der Waals surface area contributed by atoms with Crippen molar-refractivity contribution >= 4 is 29.2 Å². The first kappa shape index (κ1) is 24.0. The summed E-state index contributed by atoms with van der Waals surface area (Å²) in [5.74, 6) is 0.00873. The van der Waals surface area contributed by atoms with Crippen LogP contribution < -0.4 is 15.5 Å². The number of para-hydroxylation sites is 1. The molecule has 0 radical (unpaired) electrons. The minimum Gasteiger partial charge on any atom is -0.349 e. The summed E-state index contributed by atoms with van der Waals surface area (Å²) in [6.07, 6.45) is 7.84. The molecule has 3 amide bonds. The smallest absolute Gasteiger partial charge is 0.250 e. The monoisotopic (exact) mass is 488 g/mol.